The van der Waals surface area contributed by atoms with Gasteiger partial charge in [-0.2, -0.15) is 0 Å². The molecule has 0 aromatic heterocycles. The zero-order valence-corrected chi connectivity index (χ0v) is 7.21. The quantitative estimate of drug-likeness (QED) is 0.387. The summed E-state index contributed by atoms with van der Waals surface area (Å²) in [7, 11) is 0. The predicted molar refractivity (Wildman–Crippen MR) is 46.7 cm³/mol. The number of aliphatic carboxylic acids is 1. The molecule has 0 amide bonds. The van der Waals surface area contributed by atoms with Gasteiger partial charge in [-0.3, -0.25) is 0 Å². The molecule has 0 unspecified atom stereocenters. The van der Waals surface area contributed by atoms with Gasteiger partial charge in [0.1, 0.15) is 0 Å². The standard InChI is InChI=1S/C9H13NO2/c1-8(9(11)12)6-4-3-5-7-10-2/h6H,3-5,7H2,1H3,(H,11,12). The van der Waals surface area contributed by atoms with Gasteiger partial charge in [-0.25, -0.2) is 11.4 Å². The topological polar surface area (TPSA) is 41.7 Å². The molecule has 1 N–H and O–H groups in total. The SMILES string of the molecule is [C-]#[N+]CCCCC=C(C)C(=O)O. The van der Waals surface area contributed by atoms with Crippen molar-refractivity contribution < 1.29 is 9.90 Å². The maximum atomic E-state index is 10.3. The van der Waals surface area contributed by atoms with Crippen LogP contribution in [0.25, 0.3) is 4.85 Å². The molecule has 12 heavy (non-hydrogen) atoms. The number of nitrogens with zero attached hydrogens (tertiary/aromatic N) is 1. The van der Waals surface area contributed by atoms with Crippen molar-refractivity contribution in [2.24, 2.45) is 0 Å². The summed E-state index contributed by atoms with van der Waals surface area (Å²) in [6.07, 6.45) is 4.21. The van der Waals surface area contributed by atoms with E-state index in [1.54, 1.807) is 13.0 Å². The summed E-state index contributed by atoms with van der Waals surface area (Å²) in [5, 5.41) is 8.47. The number of rotatable bonds is 5. The maximum absolute atomic E-state index is 10.3. The number of unbranched alkanes of at least 4 members (excludes halogenated alkanes) is 2. The van der Waals surface area contributed by atoms with Gasteiger partial charge in [0.15, 0.2) is 0 Å². The summed E-state index contributed by atoms with van der Waals surface area (Å²) >= 11 is 0. The van der Waals surface area contributed by atoms with Gasteiger partial charge in [0.05, 0.1) is 0 Å². The maximum Gasteiger partial charge on any atom is 0.330 e. The molecule has 0 spiro atoms. The van der Waals surface area contributed by atoms with E-state index in [-0.39, 0.29) is 0 Å². The number of hydrogen-bond donors (Lipinski definition) is 1. The Morgan fingerprint density at radius 2 is 2.25 bits per heavy atom. The Labute approximate surface area is 72.5 Å². The molecule has 0 saturated carbocycles. The minimum atomic E-state index is -0.861. The van der Waals surface area contributed by atoms with Crippen LogP contribution >= 0.6 is 0 Å². The molecular formula is C9H13NO2. The van der Waals surface area contributed by atoms with Gasteiger partial charge in [0.2, 0.25) is 6.54 Å². The van der Waals surface area contributed by atoms with Crippen LogP contribution in [0.1, 0.15) is 26.2 Å². The molecule has 0 aliphatic heterocycles. The first-order chi connectivity index (χ1) is 5.68. The van der Waals surface area contributed by atoms with Crippen LogP contribution in [0.3, 0.4) is 0 Å². The number of carboxylic acids is 1. The van der Waals surface area contributed by atoms with Crippen LogP contribution in [0.4, 0.5) is 0 Å². The summed E-state index contributed by atoms with van der Waals surface area (Å²) in [5.41, 5.74) is 0.387. The van der Waals surface area contributed by atoms with Crippen molar-refractivity contribution in [1.82, 2.24) is 0 Å². The molecule has 0 aliphatic carbocycles. The average molecular weight is 167 g/mol. The Hall–Kier alpha value is -1.30. The Bertz CT molecular complexity index is 213. The minimum absolute atomic E-state index is 0.387. The molecule has 0 radical (unpaired) electrons. The largest absolute Gasteiger partial charge is 0.478 e. The Balaban J connectivity index is 3.48. The second-order valence-electron chi connectivity index (χ2n) is 2.57. The number of allylic oxidation sites excluding steroid dienone is 1. The number of hydrogen-bond acceptors (Lipinski definition) is 1. The van der Waals surface area contributed by atoms with E-state index in [0.29, 0.717) is 12.1 Å². The first-order valence-corrected chi connectivity index (χ1v) is 3.91. The second-order valence-corrected chi connectivity index (χ2v) is 2.57. The van der Waals surface area contributed by atoms with E-state index in [1.165, 1.54) is 0 Å². The van der Waals surface area contributed by atoms with Crippen LogP contribution in [0, 0.1) is 6.57 Å². The molecule has 0 atom stereocenters. The second kappa shape index (κ2) is 6.41. The van der Waals surface area contributed by atoms with E-state index < -0.39 is 5.97 Å². The lowest BCUT2D eigenvalue weighted by molar-refractivity contribution is -0.132. The molecule has 0 aromatic carbocycles. The van der Waals surface area contributed by atoms with Gasteiger partial charge in [-0.15, -0.1) is 0 Å². The Morgan fingerprint density at radius 3 is 2.75 bits per heavy atom. The fourth-order valence-corrected chi connectivity index (χ4v) is 0.741. The van der Waals surface area contributed by atoms with Crippen molar-refractivity contribution in [3.8, 4) is 0 Å². The van der Waals surface area contributed by atoms with Gasteiger partial charge >= 0.3 is 5.97 Å². The number of carboxylic acid groups (broad SMARTS) is 1. The summed E-state index contributed by atoms with van der Waals surface area (Å²) in [4.78, 5) is 13.5. The van der Waals surface area contributed by atoms with Crippen molar-refractivity contribution >= 4 is 5.97 Å². The van der Waals surface area contributed by atoms with E-state index in [1.807, 2.05) is 0 Å². The van der Waals surface area contributed by atoms with Crippen LogP contribution in [0.2, 0.25) is 0 Å². The molecule has 0 aliphatic rings. The minimum Gasteiger partial charge on any atom is -0.478 e. The summed E-state index contributed by atoms with van der Waals surface area (Å²) in [6.45, 7) is 8.63. The van der Waals surface area contributed by atoms with E-state index >= 15 is 0 Å². The highest BCUT2D eigenvalue weighted by Gasteiger charge is 1.97. The first-order valence-electron chi connectivity index (χ1n) is 3.91. The zero-order chi connectivity index (χ0) is 9.40. The zero-order valence-electron chi connectivity index (χ0n) is 7.21. The average Bonchev–Trinajstić information content (AvgIpc) is 2.03. The van der Waals surface area contributed by atoms with E-state index in [9.17, 15) is 4.79 Å². The molecule has 0 fully saturated rings. The molecule has 3 heteroatoms. The van der Waals surface area contributed by atoms with Crippen LogP contribution in [0.15, 0.2) is 11.6 Å². The third-order valence-electron chi connectivity index (χ3n) is 1.51. The predicted octanol–water partition coefficient (Wildman–Crippen LogP) is 2.11. The van der Waals surface area contributed by atoms with Gasteiger partial charge in [-0.05, 0) is 19.8 Å². The molecule has 0 aromatic rings. The van der Waals surface area contributed by atoms with E-state index in [4.69, 9.17) is 11.7 Å². The monoisotopic (exact) mass is 167 g/mol. The van der Waals surface area contributed by atoms with Crippen molar-refractivity contribution in [2.45, 2.75) is 26.2 Å². The van der Waals surface area contributed by atoms with Crippen LogP contribution in [0.5, 0.6) is 0 Å². The highest BCUT2D eigenvalue weighted by atomic mass is 16.4. The van der Waals surface area contributed by atoms with Crippen molar-refractivity contribution in [3.05, 3.63) is 23.1 Å². The lowest BCUT2D eigenvalue weighted by Gasteiger charge is -1.92. The van der Waals surface area contributed by atoms with Gasteiger partial charge < -0.3 is 9.95 Å². The first kappa shape index (κ1) is 10.7. The van der Waals surface area contributed by atoms with Crippen molar-refractivity contribution in [2.75, 3.05) is 6.54 Å². The molecule has 3 nitrogen and oxygen atoms in total. The third-order valence-corrected chi connectivity index (χ3v) is 1.51. The smallest absolute Gasteiger partial charge is 0.330 e. The summed E-state index contributed by atoms with van der Waals surface area (Å²) in [6, 6.07) is 0. The molecule has 66 valence electrons. The third kappa shape index (κ3) is 5.48. The fourth-order valence-electron chi connectivity index (χ4n) is 0.741. The normalized spacial score (nSPS) is 10.8. The van der Waals surface area contributed by atoms with Gasteiger partial charge in [0, 0.05) is 12.0 Å². The highest BCUT2D eigenvalue weighted by molar-refractivity contribution is 5.85. The van der Waals surface area contributed by atoms with Crippen molar-refractivity contribution in [3.63, 3.8) is 0 Å². The van der Waals surface area contributed by atoms with Gasteiger partial charge in [-0.1, -0.05) is 6.08 Å². The van der Waals surface area contributed by atoms with Crippen LogP contribution in [-0.2, 0) is 4.79 Å². The highest BCUT2D eigenvalue weighted by Crippen LogP contribution is 2.01. The lowest BCUT2D eigenvalue weighted by Crippen LogP contribution is -1.95. The van der Waals surface area contributed by atoms with Crippen molar-refractivity contribution in [1.29, 1.82) is 0 Å². The summed E-state index contributed by atoms with van der Waals surface area (Å²) < 4.78 is 0. The van der Waals surface area contributed by atoms with E-state index in [2.05, 4.69) is 4.85 Å². The molecule has 0 heterocycles. The lowest BCUT2D eigenvalue weighted by atomic mass is 10.2. The molecular weight excluding hydrogens is 154 g/mol. The molecule has 0 saturated heterocycles. The van der Waals surface area contributed by atoms with Gasteiger partial charge in [0.25, 0.3) is 0 Å². The fraction of sp³-hybridized carbons (Fsp3) is 0.556. The number of carbonyl (C=O) groups is 1. The Kier molecular flexibility index (Phi) is 5.72. The van der Waals surface area contributed by atoms with E-state index in [0.717, 1.165) is 19.3 Å². The Morgan fingerprint density at radius 1 is 1.58 bits per heavy atom. The molecule has 0 bridgehead atoms. The summed E-state index contributed by atoms with van der Waals surface area (Å²) in [5.74, 6) is -0.861. The molecule has 0 rings (SSSR count). The van der Waals surface area contributed by atoms with Crippen LogP contribution < -0.4 is 0 Å². The van der Waals surface area contributed by atoms with Crippen LogP contribution in [-0.4, -0.2) is 17.6 Å².